The maximum atomic E-state index is 12.4. The monoisotopic (exact) mass is 335 g/mol. The van der Waals surface area contributed by atoms with Crippen LogP contribution in [0, 0.1) is 6.92 Å². The van der Waals surface area contributed by atoms with E-state index in [9.17, 15) is 9.59 Å². The normalized spacial score (nSPS) is 16.4. The van der Waals surface area contributed by atoms with Crippen LogP contribution in [0.3, 0.4) is 0 Å². The average Bonchev–Trinajstić information content (AvgIpc) is 2.71. The first-order valence-corrected chi connectivity index (χ1v) is 8.74. The lowest BCUT2D eigenvalue weighted by Gasteiger charge is -2.18. The van der Waals surface area contributed by atoms with Crippen molar-refractivity contribution in [1.82, 2.24) is 14.9 Å². The van der Waals surface area contributed by atoms with Gasteiger partial charge in [0.15, 0.2) is 0 Å². The van der Waals surface area contributed by atoms with E-state index >= 15 is 0 Å². The molecule has 1 aliphatic heterocycles. The molecule has 0 atom stereocenters. The number of carbonyl (C=O) groups is 1. The smallest absolute Gasteiger partial charge is 0.348 e. The Balaban J connectivity index is 1.94. The zero-order valence-corrected chi connectivity index (χ0v) is 14.3. The van der Waals surface area contributed by atoms with Crippen molar-refractivity contribution in [2.45, 2.75) is 39.2 Å². The number of thiophene rings is 1. The van der Waals surface area contributed by atoms with Crippen molar-refractivity contribution in [3.8, 4) is 0 Å². The highest BCUT2D eigenvalue weighted by Gasteiger charge is 2.20. The van der Waals surface area contributed by atoms with Gasteiger partial charge in [-0.25, -0.2) is 9.78 Å². The topological polar surface area (TPSA) is 75.3 Å². The minimum Gasteiger partial charge on any atom is -0.465 e. The van der Waals surface area contributed by atoms with Crippen LogP contribution in [-0.2, 0) is 11.3 Å². The first kappa shape index (κ1) is 16.1. The van der Waals surface area contributed by atoms with E-state index in [0.717, 1.165) is 13.1 Å². The molecule has 1 saturated heterocycles. The third-order valence-electron chi connectivity index (χ3n) is 4.29. The Morgan fingerprint density at radius 3 is 2.65 bits per heavy atom. The molecule has 0 aliphatic carbocycles. The number of likely N-dealkylation sites (tertiary alicyclic amines) is 1. The second kappa shape index (κ2) is 6.80. The molecule has 7 heteroatoms. The van der Waals surface area contributed by atoms with Gasteiger partial charge in [0, 0.05) is 0 Å². The molecule has 0 bridgehead atoms. The Kier molecular flexibility index (Phi) is 4.77. The molecule has 0 unspecified atom stereocenters. The number of esters is 1. The van der Waals surface area contributed by atoms with Gasteiger partial charge in [0.05, 0.1) is 19.0 Å². The molecule has 0 radical (unpaired) electrons. The molecule has 124 valence electrons. The fourth-order valence-electron chi connectivity index (χ4n) is 3.06. The zero-order valence-electron chi connectivity index (χ0n) is 13.5. The average molecular weight is 335 g/mol. The molecule has 1 fully saturated rings. The number of nitrogens with one attached hydrogen (secondary N) is 1. The van der Waals surface area contributed by atoms with Gasteiger partial charge in [0.2, 0.25) is 0 Å². The maximum absolute atomic E-state index is 12.4. The third-order valence-corrected chi connectivity index (χ3v) is 5.46. The van der Waals surface area contributed by atoms with Gasteiger partial charge in [-0.1, -0.05) is 12.8 Å². The van der Waals surface area contributed by atoms with Crippen LogP contribution >= 0.6 is 11.3 Å². The molecular formula is C16H21N3O3S. The third kappa shape index (κ3) is 3.30. The summed E-state index contributed by atoms with van der Waals surface area (Å²) in [4.78, 5) is 35.0. The Labute approximate surface area is 138 Å². The van der Waals surface area contributed by atoms with Crippen LogP contribution in [0.15, 0.2) is 4.79 Å². The number of H-pyrrole nitrogens is 1. The summed E-state index contributed by atoms with van der Waals surface area (Å²) in [5.74, 6) is 0.251. The number of aromatic nitrogens is 2. The van der Waals surface area contributed by atoms with E-state index in [4.69, 9.17) is 4.74 Å². The van der Waals surface area contributed by atoms with Gasteiger partial charge in [-0.15, -0.1) is 11.3 Å². The van der Waals surface area contributed by atoms with E-state index in [2.05, 4.69) is 14.9 Å². The number of fused-ring (bicyclic) bond motifs is 1. The van der Waals surface area contributed by atoms with E-state index in [1.165, 1.54) is 44.1 Å². The summed E-state index contributed by atoms with van der Waals surface area (Å²) in [6.45, 7) is 4.49. The van der Waals surface area contributed by atoms with Crippen molar-refractivity contribution >= 4 is 27.5 Å². The summed E-state index contributed by atoms with van der Waals surface area (Å²) in [7, 11) is 1.34. The van der Waals surface area contributed by atoms with Crippen LogP contribution < -0.4 is 5.56 Å². The number of carbonyl (C=O) groups excluding carboxylic acids is 1. The van der Waals surface area contributed by atoms with E-state index in [1.807, 2.05) is 0 Å². The number of hydrogen-bond acceptors (Lipinski definition) is 6. The summed E-state index contributed by atoms with van der Waals surface area (Å²) in [6.07, 6.45) is 4.92. The van der Waals surface area contributed by atoms with Crippen LogP contribution in [0.1, 0.15) is 46.7 Å². The van der Waals surface area contributed by atoms with Crippen molar-refractivity contribution in [2.75, 3.05) is 20.2 Å². The van der Waals surface area contributed by atoms with Crippen LogP contribution in [0.25, 0.3) is 10.2 Å². The highest BCUT2D eigenvalue weighted by molar-refractivity contribution is 7.20. The van der Waals surface area contributed by atoms with Crippen molar-refractivity contribution in [2.24, 2.45) is 0 Å². The highest BCUT2D eigenvalue weighted by atomic mass is 32.1. The molecule has 2 aromatic rings. The van der Waals surface area contributed by atoms with Gasteiger partial charge >= 0.3 is 5.97 Å². The molecule has 3 rings (SSSR count). The molecule has 0 saturated carbocycles. The molecule has 3 heterocycles. The van der Waals surface area contributed by atoms with Gasteiger partial charge in [0.25, 0.3) is 5.56 Å². The predicted octanol–water partition coefficient (Wildman–Crippen LogP) is 2.46. The van der Waals surface area contributed by atoms with Gasteiger partial charge in [-0.05, 0) is 38.4 Å². The number of nitrogens with zero attached hydrogens (tertiary/aromatic N) is 2. The van der Waals surface area contributed by atoms with Crippen LogP contribution in [-0.4, -0.2) is 41.0 Å². The van der Waals surface area contributed by atoms with Crippen molar-refractivity contribution in [3.63, 3.8) is 0 Å². The van der Waals surface area contributed by atoms with E-state index in [0.29, 0.717) is 33.0 Å². The molecule has 6 nitrogen and oxygen atoms in total. The molecule has 23 heavy (non-hydrogen) atoms. The lowest BCUT2D eigenvalue weighted by Crippen LogP contribution is -2.26. The lowest BCUT2D eigenvalue weighted by atomic mass is 10.2. The zero-order chi connectivity index (χ0) is 16.4. The molecule has 2 aromatic heterocycles. The summed E-state index contributed by atoms with van der Waals surface area (Å²) >= 11 is 1.23. The van der Waals surface area contributed by atoms with Gasteiger partial charge < -0.3 is 9.72 Å². The van der Waals surface area contributed by atoms with E-state index in [-0.39, 0.29) is 5.56 Å². The summed E-state index contributed by atoms with van der Waals surface area (Å²) in [5.41, 5.74) is 0.468. The first-order chi connectivity index (χ1) is 11.1. The fraction of sp³-hybridized carbons (Fsp3) is 0.562. The van der Waals surface area contributed by atoms with Crippen molar-refractivity contribution < 1.29 is 9.53 Å². The maximum Gasteiger partial charge on any atom is 0.348 e. The Morgan fingerprint density at radius 2 is 2.00 bits per heavy atom. The number of rotatable bonds is 3. The number of methoxy groups -OCH3 is 1. The highest BCUT2D eigenvalue weighted by Crippen LogP contribution is 2.27. The lowest BCUT2D eigenvalue weighted by molar-refractivity contribution is 0.0605. The number of aryl methyl sites for hydroxylation is 1. The standard InChI is InChI=1S/C16H21N3O3S/c1-10-12-14(20)17-11(9-19-7-5-3-4-6-8-19)18-15(12)23-13(10)16(21)22-2/h3-9H2,1-2H3,(H,17,18,20). The number of ether oxygens (including phenoxy) is 1. The SMILES string of the molecule is COC(=O)c1sc2nc(CN3CCCCCC3)[nH]c(=O)c2c1C. The quantitative estimate of drug-likeness (QED) is 0.872. The largest absolute Gasteiger partial charge is 0.465 e. The van der Waals surface area contributed by atoms with Crippen LogP contribution in [0.2, 0.25) is 0 Å². The first-order valence-electron chi connectivity index (χ1n) is 7.93. The summed E-state index contributed by atoms with van der Waals surface area (Å²) < 4.78 is 4.78. The van der Waals surface area contributed by atoms with Gasteiger partial charge in [-0.2, -0.15) is 0 Å². The Bertz CT molecular complexity index is 773. The number of aromatic amines is 1. The Hall–Kier alpha value is -1.73. The minimum absolute atomic E-state index is 0.177. The molecule has 1 N–H and O–H groups in total. The second-order valence-electron chi connectivity index (χ2n) is 5.93. The van der Waals surface area contributed by atoms with Crippen molar-refractivity contribution in [3.05, 3.63) is 26.6 Å². The second-order valence-corrected chi connectivity index (χ2v) is 6.93. The summed E-state index contributed by atoms with van der Waals surface area (Å²) in [6, 6.07) is 0. The summed E-state index contributed by atoms with van der Waals surface area (Å²) in [5, 5.41) is 0.495. The van der Waals surface area contributed by atoms with Crippen molar-refractivity contribution in [1.29, 1.82) is 0 Å². The molecule has 0 aromatic carbocycles. The predicted molar refractivity (Wildman–Crippen MR) is 90.1 cm³/mol. The van der Waals surface area contributed by atoms with Crippen LogP contribution in [0.5, 0.6) is 0 Å². The van der Waals surface area contributed by atoms with Gasteiger partial charge in [0.1, 0.15) is 15.5 Å². The Morgan fingerprint density at radius 1 is 1.30 bits per heavy atom. The molecule has 0 spiro atoms. The molecule has 1 aliphatic rings. The molecular weight excluding hydrogens is 314 g/mol. The number of hydrogen-bond donors (Lipinski definition) is 1. The fourth-order valence-corrected chi connectivity index (χ4v) is 4.18. The molecule has 0 amide bonds. The minimum atomic E-state index is -0.418. The van der Waals surface area contributed by atoms with Crippen LogP contribution in [0.4, 0.5) is 0 Å². The van der Waals surface area contributed by atoms with Gasteiger partial charge in [-0.3, -0.25) is 9.69 Å². The van der Waals surface area contributed by atoms with E-state index < -0.39 is 5.97 Å². The van der Waals surface area contributed by atoms with E-state index in [1.54, 1.807) is 6.92 Å².